The highest BCUT2D eigenvalue weighted by Crippen LogP contribution is 2.22. The molecule has 0 aliphatic heterocycles. The van der Waals surface area contributed by atoms with E-state index in [-0.39, 0.29) is 17.8 Å². The van der Waals surface area contributed by atoms with Crippen molar-refractivity contribution in [3.05, 3.63) is 35.1 Å². The number of aryl methyl sites for hydroxylation is 1. The summed E-state index contributed by atoms with van der Waals surface area (Å²) in [4.78, 5) is 12.0. The van der Waals surface area contributed by atoms with Crippen LogP contribution in [0, 0.1) is 29.5 Å². The number of nitrogens with one attached hydrogen (secondary N) is 1. The Morgan fingerprint density at radius 1 is 1.58 bits per heavy atom. The first-order chi connectivity index (χ1) is 8.84. The molecule has 4 heteroatoms. The van der Waals surface area contributed by atoms with E-state index in [2.05, 4.69) is 5.32 Å². The number of benzene rings is 1. The summed E-state index contributed by atoms with van der Waals surface area (Å²) in [5, 5.41) is 11.8. The van der Waals surface area contributed by atoms with Gasteiger partial charge >= 0.3 is 0 Å². The van der Waals surface area contributed by atoms with E-state index >= 15 is 0 Å². The normalized spacial score (nSPS) is 15.2. The lowest BCUT2D eigenvalue weighted by atomic mass is 9.88. The van der Waals surface area contributed by atoms with Crippen molar-refractivity contribution >= 4 is 5.91 Å². The van der Waals surface area contributed by atoms with E-state index in [1.54, 1.807) is 39.8 Å². The first kappa shape index (κ1) is 15.2. The van der Waals surface area contributed by atoms with E-state index in [9.17, 15) is 9.18 Å². The summed E-state index contributed by atoms with van der Waals surface area (Å²) in [5.41, 5.74) is 0.211. The Labute approximate surface area is 113 Å². The fraction of sp³-hybridized carbons (Fsp3) is 0.467. The summed E-state index contributed by atoms with van der Waals surface area (Å²) in [6.45, 7) is 6.85. The first-order valence-corrected chi connectivity index (χ1v) is 6.32. The fourth-order valence-corrected chi connectivity index (χ4v) is 1.61. The van der Waals surface area contributed by atoms with Crippen LogP contribution in [0.25, 0.3) is 0 Å². The molecular weight excluding hydrogens is 243 g/mol. The number of nitriles is 1. The number of halogens is 1. The lowest BCUT2D eigenvalue weighted by Crippen LogP contribution is -2.39. The maximum absolute atomic E-state index is 13.5. The number of hydrogen-bond donors (Lipinski definition) is 1. The van der Waals surface area contributed by atoms with Crippen molar-refractivity contribution in [2.75, 3.05) is 0 Å². The third kappa shape index (κ3) is 3.31. The second-order valence-corrected chi connectivity index (χ2v) is 5.00. The molecule has 1 rings (SSSR count). The molecule has 0 bridgehead atoms. The van der Waals surface area contributed by atoms with Gasteiger partial charge in [0.25, 0.3) is 0 Å². The molecule has 0 aromatic heterocycles. The third-order valence-electron chi connectivity index (χ3n) is 3.50. The van der Waals surface area contributed by atoms with Crippen LogP contribution in [0.3, 0.4) is 0 Å². The molecule has 102 valence electrons. The van der Waals surface area contributed by atoms with E-state index in [4.69, 9.17) is 5.26 Å². The maximum Gasteiger partial charge on any atom is 0.240 e. The second-order valence-electron chi connectivity index (χ2n) is 5.00. The average molecular weight is 262 g/mol. The average Bonchev–Trinajstić information content (AvgIpc) is 2.40. The van der Waals surface area contributed by atoms with Crippen molar-refractivity contribution in [2.24, 2.45) is 5.41 Å². The molecule has 0 aliphatic rings. The van der Waals surface area contributed by atoms with Gasteiger partial charge in [-0.2, -0.15) is 5.26 Å². The predicted molar refractivity (Wildman–Crippen MR) is 71.7 cm³/mol. The van der Waals surface area contributed by atoms with Crippen molar-refractivity contribution in [3.63, 3.8) is 0 Å². The minimum Gasteiger partial charge on any atom is -0.348 e. The van der Waals surface area contributed by atoms with Crippen molar-refractivity contribution in [2.45, 2.75) is 40.2 Å². The Hall–Kier alpha value is -1.89. The molecule has 1 amide bonds. The molecule has 2 unspecified atom stereocenters. The van der Waals surface area contributed by atoms with Gasteiger partial charge in [-0.3, -0.25) is 4.79 Å². The maximum atomic E-state index is 13.5. The van der Waals surface area contributed by atoms with Gasteiger partial charge in [-0.15, -0.1) is 0 Å². The lowest BCUT2D eigenvalue weighted by Gasteiger charge is -2.22. The van der Waals surface area contributed by atoms with Crippen LogP contribution in [0.5, 0.6) is 0 Å². The van der Waals surface area contributed by atoms with Gasteiger partial charge in [0, 0.05) is 0 Å². The summed E-state index contributed by atoms with van der Waals surface area (Å²) in [6.07, 6.45) is 0.435. The van der Waals surface area contributed by atoms with Gasteiger partial charge in [-0.25, -0.2) is 4.39 Å². The third-order valence-corrected chi connectivity index (χ3v) is 3.50. The van der Waals surface area contributed by atoms with E-state index in [0.717, 1.165) is 0 Å². The van der Waals surface area contributed by atoms with E-state index in [1.807, 2.05) is 6.07 Å². The molecule has 3 nitrogen and oxygen atoms in total. The van der Waals surface area contributed by atoms with Crippen LogP contribution < -0.4 is 5.32 Å². The van der Waals surface area contributed by atoms with Gasteiger partial charge in [0.1, 0.15) is 11.2 Å². The predicted octanol–water partition coefficient (Wildman–Crippen LogP) is 3.25. The number of nitrogens with zero attached hydrogens (tertiary/aromatic N) is 1. The molecule has 19 heavy (non-hydrogen) atoms. The molecule has 0 radical (unpaired) electrons. The first-order valence-electron chi connectivity index (χ1n) is 6.32. The number of carbonyl (C=O) groups excluding carboxylic acids is 1. The monoisotopic (exact) mass is 262 g/mol. The zero-order valence-electron chi connectivity index (χ0n) is 11.7. The zero-order chi connectivity index (χ0) is 14.6. The molecule has 1 N–H and O–H groups in total. The summed E-state index contributed by atoms with van der Waals surface area (Å²) in [7, 11) is 0. The van der Waals surface area contributed by atoms with E-state index in [1.165, 1.54) is 6.07 Å². The number of rotatable bonds is 4. The standard InChI is InChI=1S/C15H19FN2O/c1-5-15(4,9-17)14(19)18-11(3)12-7-6-10(2)13(16)8-12/h6-8,11H,5H2,1-4H3,(H,18,19). The van der Waals surface area contributed by atoms with E-state index in [0.29, 0.717) is 17.5 Å². The van der Waals surface area contributed by atoms with Crippen molar-refractivity contribution in [1.29, 1.82) is 5.26 Å². The quantitative estimate of drug-likeness (QED) is 0.905. The molecule has 0 spiro atoms. The smallest absolute Gasteiger partial charge is 0.240 e. The van der Waals surface area contributed by atoms with Crippen LogP contribution in [0.4, 0.5) is 4.39 Å². The Morgan fingerprint density at radius 2 is 2.21 bits per heavy atom. The Morgan fingerprint density at radius 3 is 2.68 bits per heavy atom. The molecule has 0 heterocycles. The van der Waals surface area contributed by atoms with Crippen molar-refractivity contribution < 1.29 is 9.18 Å². The van der Waals surface area contributed by atoms with Gasteiger partial charge in [-0.1, -0.05) is 19.1 Å². The van der Waals surface area contributed by atoms with Crippen molar-refractivity contribution in [1.82, 2.24) is 5.32 Å². The summed E-state index contributed by atoms with van der Waals surface area (Å²) in [5.74, 6) is -0.622. The van der Waals surface area contributed by atoms with Gasteiger partial charge in [0.05, 0.1) is 12.1 Å². The molecule has 0 saturated carbocycles. The highest BCUT2D eigenvalue weighted by atomic mass is 19.1. The Kier molecular flexibility index (Phi) is 4.66. The van der Waals surface area contributed by atoms with Gasteiger partial charge in [0.15, 0.2) is 0 Å². The molecule has 0 aliphatic carbocycles. The number of carbonyl (C=O) groups is 1. The van der Waals surface area contributed by atoms with Crippen LogP contribution in [0.15, 0.2) is 18.2 Å². The van der Waals surface area contributed by atoms with Gasteiger partial charge in [0.2, 0.25) is 5.91 Å². The molecule has 1 aromatic rings. The minimum absolute atomic E-state index is 0.294. The van der Waals surface area contributed by atoms with Crippen LogP contribution in [-0.2, 0) is 4.79 Å². The SMILES string of the molecule is CCC(C)(C#N)C(=O)NC(C)c1ccc(C)c(F)c1. The molecular formula is C15H19FN2O. The topological polar surface area (TPSA) is 52.9 Å². The van der Waals surface area contributed by atoms with Crippen molar-refractivity contribution in [3.8, 4) is 6.07 Å². The fourth-order valence-electron chi connectivity index (χ4n) is 1.61. The summed E-state index contributed by atoms with van der Waals surface area (Å²) in [6, 6.07) is 6.55. The lowest BCUT2D eigenvalue weighted by molar-refractivity contribution is -0.128. The van der Waals surface area contributed by atoms with Gasteiger partial charge < -0.3 is 5.32 Å². The number of amides is 1. The van der Waals surface area contributed by atoms with E-state index < -0.39 is 5.41 Å². The zero-order valence-corrected chi connectivity index (χ0v) is 11.7. The summed E-state index contributed by atoms with van der Waals surface area (Å²) < 4.78 is 13.5. The van der Waals surface area contributed by atoms with Crippen LogP contribution >= 0.6 is 0 Å². The Bertz CT molecular complexity index is 521. The Balaban J connectivity index is 2.85. The van der Waals surface area contributed by atoms with Crippen LogP contribution in [0.1, 0.15) is 44.4 Å². The van der Waals surface area contributed by atoms with Crippen LogP contribution in [0.2, 0.25) is 0 Å². The molecule has 1 aromatic carbocycles. The molecule has 0 saturated heterocycles. The largest absolute Gasteiger partial charge is 0.348 e. The number of hydrogen-bond acceptors (Lipinski definition) is 2. The van der Waals surface area contributed by atoms with Crippen LogP contribution in [-0.4, -0.2) is 5.91 Å². The molecule has 2 atom stereocenters. The highest BCUT2D eigenvalue weighted by molar-refractivity contribution is 5.85. The molecule has 0 fully saturated rings. The summed E-state index contributed by atoms with van der Waals surface area (Å²) >= 11 is 0. The minimum atomic E-state index is -1.04. The highest BCUT2D eigenvalue weighted by Gasteiger charge is 2.32. The second kappa shape index (κ2) is 5.83. The van der Waals surface area contributed by atoms with Gasteiger partial charge in [-0.05, 0) is 44.4 Å².